The molecular weight excluding hydrogens is 214 g/mol. The molecule has 1 aromatic carbocycles. The Morgan fingerprint density at radius 3 is 2.50 bits per heavy atom. The number of nitrogens with zero attached hydrogens (tertiary/aromatic N) is 1. The van der Waals surface area contributed by atoms with Crippen LogP contribution in [-0.2, 0) is 6.54 Å². The lowest BCUT2D eigenvalue weighted by Crippen LogP contribution is -2.19. The zero-order valence-corrected chi connectivity index (χ0v) is 10.1. The smallest absolute Gasteiger partial charge is 0.0406 e. The minimum atomic E-state index is 0.798. The van der Waals surface area contributed by atoms with Gasteiger partial charge >= 0.3 is 0 Å². The van der Waals surface area contributed by atoms with Crippen LogP contribution in [0.15, 0.2) is 24.3 Å². The first-order valence-electron chi connectivity index (χ1n) is 4.76. The molecule has 0 saturated carbocycles. The molecule has 0 aliphatic heterocycles. The van der Waals surface area contributed by atoms with Crippen molar-refractivity contribution in [2.45, 2.75) is 13.0 Å². The fraction of sp³-hybridized carbons (Fsp3) is 0.455. The van der Waals surface area contributed by atoms with Gasteiger partial charge < -0.3 is 4.90 Å². The minimum absolute atomic E-state index is 0.798. The Bertz CT molecular complexity index is 260. The van der Waals surface area contributed by atoms with Crippen molar-refractivity contribution in [1.29, 1.82) is 0 Å². The third kappa shape index (κ3) is 4.36. The van der Waals surface area contributed by atoms with E-state index in [1.807, 2.05) is 12.1 Å². The van der Waals surface area contributed by atoms with E-state index in [2.05, 4.69) is 36.7 Å². The third-order valence-corrected chi connectivity index (χ3v) is 2.63. The highest BCUT2D eigenvalue weighted by Crippen LogP contribution is 2.10. The molecule has 0 aromatic heterocycles. The maximum Gasteiger partial charge on any atom is 0.0406 e. The molecule has 1 rings (SSSR count). The molecule has 1 aromatic rings. The molecule has 78 valence electrons. The Morgan fingerprint density at radius 2 is 1.93 bits per heavy atom. The van der Waals surface area contributed by atoms with Gasteiger partial charge in [-0.05, 0) is 43.5 Å². The van der Waals surface area contributed by atoms with Crippen LogP contribution in [0.3, 0.4) is 0 Å². The van der Waals surface area contributed by atoms with Crippen LogP contribution in [0, 0.1) is 0 Å². The van der Waals surface area contributed by atoms with Crippen molar-refractivity contribution in [2.75, 3.05) is 19.3 Å². The van der Waals surface area contributed by atoms with Gasteiger partial charge in [0.05, 0.1) is 0 Å². The van der Waals surface area contributed by atoms with Crippen LogP contribution in [0.1, 0.15) is 12.0 Å². The van der Waals surface area contributed by atoms with Gasteiger partial charge in [0, 0.05) is 11.6 Å². The van der Waals surface area contributed by atoms with E-state index in [4.69, 9.17) is 11.6 Å². The molecular formula is C11H16ClNS. The minimum Gasteiger partial charge on any atom is -0.302 e. The lowest BCUT2D eigenvalue weighted by Gasteiger charge is -2.15. The Hall–Kier alpha value is -0.180. The van der Waals surface area contributed by atoms with Crippen LogP contribution >= 0.6 is 24.2 Å². The Morgan fingerprint density at radius 1 is 1.29 bits per heavy atom. The van der Waals surface area contributed by atoms with Gasteiger partial charge in [0.15, 0.2) is 0 Å². The molecule has 0 aliphatic rings. The van der Waals surface area contributed by atoms with Crippen molar-refractivity contribution in [3.63, 3.8) is 0 Å². The summed E-state index contributed by atoms with van der Waals surface area (Å²) >= 11 is 10.00. The van der Waals surface area contributed by atoms with E-state index in [0.717, 1.165) is 30.3 Å². The van der Waals surface area contributed by atoms with Crippen LogP contribution in [0.2, 0.25) is 5.02 Å². The molecule has 0 aliphatic carbocycles. The Kier molecular flexibility index (Phi) is 5.38. The van der Waals surface area contributed by atoms with E-state index >= 15 is 0 Å². The molecule has 0 amide bonds. The molecule has 0 spiro atoms. The average molecular weight is 230 g/mol. The molecule has 0 heterocycles. The molecule has 0 saturated heterocycles. The van der Waals surface area contributed by atoms with Gasteiger partial charge in [-0.3, -0.25) is 0 Å². The maximum absolute atomic E-state index is 5.81. The molecule has 0 N–H and O–H groups in total. The summed E-state index contributed by atoms with van der Waals surface area (Å²) in [7, 11) is 2.12. The van der Waals surface area contributed by atoms with Crippen LogP contribution in [0.4, 0.5) is 0 Å². The van der Waals surface area contributed by atoms with Crippen molar-refractivity contribution in [3.05, 3.63) is 34.9 Å². The van der Waals surface area contributed by atoms with Gasteiger partial charge in [-0.25, -0.2) is 0 Å². The molecule has 0 fully saturated rings. The summed E-state index contributed by atoms with van der Waals surface area (Å²) in [5, 5.41) is 0.798. The maximum atomic E-state index is 5.81. The summed E-state index contributed by atoms with van der Waals surface area (Å²) in [5.41, 5.74) is 1.30. The second kappa shape index (κ2) is 6.33. The highest BCUT2D eigenvalue weighted by molar-refractivity contribution is 7.80. The standard InChI is InChI=1S/C11H16ClNS/c1-13(7-2-8-14)9-10-3-5-11(12)6-4-10/h3-6,14H,2,7-9H2,1H3. The summed E-state index contributed by atoms with van der Waals surface area (Å²) in [4.78, 5) is 2.29. The van der Waals surface area contributed by atoms with E-state index in [9.17, 15) is 0 Å². The van der Waals surface area contributed by atoms with Crippen LogP contribution in [0.25, 0.3) is 0 Å². The van der Waals surface area contributed by atoms with Gasteiger partial charge in [-0.2, -0.15) is 12.6 Å². The largest absolute Gasteiger partial charge is 0.302 e. The third-order valence-electron chi connectivity index (χ3n) is 2.06. The van der Waals surface area contributed by atoms with Crippen LogP contribution in [0.5, 0.6) is 0 Å². The summed E-state index contributed by atoms with van der Waals surface area (Å²) in [6, 6.07) is 8.01. The highest BCUT2D eigenvalue weighted by atomic mass is 35.5. The molecule has 1 nitrogen and oxygen atoms in total. The van der Waals surface area contributed by atoms with E-state index < -0.39 is 0 Å². The lowest BCUT2D eigenvalue weighted by molar-refractivity contribution is 0.328. The number of halogens is 1. The number of rotatable bonds is 5. The van der Waals surface area contributed by atoms with E-state index in [-0.39, 0.29) is 0 Å². The average Bonchev–Trinajstić information content (AvgIpc) is 2.18. The molecule has 0 unspecified atom stereocenters. The fourth-order valence-corrected chi connectivity index (χ4v) is 1.59. The second-order valence-corrected chi connectivity index (χ2v) is 4.33. The lowest BCUT2D eigenvalue weighted by atomic mass is 10.2. The fourth-order valence-electron chi connectivity index (χ4n) is 1.32. The molecule has 0 bridgehead atoms. The zero-order chi connectivity index (χ0) is 10.4. The van der Waals surface area contributed by atoms with Gasteiger partial charge in [-0.1, -0.05) is 23.7 Å². The van der Waals surface area contributed by atoms with Crippen molar-refractivity contribution >= 4 is 24.2 Å². The van der Waals surface area contributed by atoms with Crippen LogP contribution < -0.4 is 0 Å². The van der Waals surface area contributed by atoms with Crippen molar-refractivity contribution < 1.29 is 0 Å². The summed E-state index contributed by atoms with van der Waals surface area (Å²) < 4.78 is 0. The first kappa shape index (κ1) is 11.9. The zero-order valence-electron chi connectivity index (χ0n) is 8.41. The van der Waals surface area contributed by atoms with E-state index in [0.29, 0.717) is 0 Å². The molecule has 14 heavy (non-hydrogen) atoms. The predicted octanol–water partition coefficient (Wildman–Crippen LogP) is 3.09. The van der Waals surface area contributed by atoms with E-state index in [1.165, 1.54) is 5.56 Å². The molecule has 0 radical (unpaired) electrons. The molecule has 0 atom stereocenters. The van der Waals surface area contributed by atoms with Crippen molar-refractivity contribution in [2.24, 2.45) is 0 Å². The Balaban J connectivity index is 2.39. The topological polar surface area (TPSA) is 3.24 Å². The van der Waals surface area contributed by atoms with Gasteiger partial charge in [0.25, 0.3) is 0 Å². The SMILES string of the molecule is CN(CCCS)Cc1ccc(Cl)cc1. The summed E-state index contributed by atoms with van der Waals surface area (Å²) in [6.45, 7) is 2.07. The Labute approximate surface area is 96.5 Å². The van der Waals surface area contributed by atoms with Gasteiger partial charge in [0.2, 0.25) is 0 Å². The van der Waals surface area contributed by atoms with Crippen molar-refractivity contribution in [1.82, 2.24) is 4.90 Å². The van der Waals surface area contributed by atoms with Crippen molar-refractivity contribution in [3.8, 4) is 0 Å². The number of hydrogen-bond acceptors (Lipinski definition) is 2. The number of hydrogen-bond donors (Lipinski definition) is 1. The second-order valence-electron chi connectivity index (χ2n) is 3.44. The van der Waals surface area contributed by atoms with Gasteiger partial charge in [0.1, 0.15) is 0 Å². The van der Waals surface area contributed by atoms with Gasteiger partial charge in [-0.15, -0.1) is 0 Å². The highest BCUT2D eigenvalue weighted by Gasteiger charge is 1.99. The normalized spacial score (nSPS) is 10.9. The summed E-state index contributed by atoms with van der Waals surface area (Å²) in [6.07, 6.45) is 1.13. The monoisotopic (exact) mass is 229 g/mol. The first-order valence-corrected chi connectivity index (χ1v) is 5.77. The predicted molar refractivity (Wildman–Crippen MR) is 66.3 cm³/mol. The van der Waals surface area contributed by atoms with E-state index in [1.54, 1.807) is 0 Å². The molecule has 3 heteroatoms. The summed E-state index contributed by atoms with van der Waals surface area (Å²) in [5.74, 6) is 0.949. The quantitative estimate of drug-likeness (QED) is 0.760. The van der Waals surface area contributed by atoms with Crippen LogP contribution in [-0.4, -0.2) is 24.2 Å². The number of thiol groups is 1. The number of benzene rings is 1. The first-order chi connectivity index (χ1) is 6.72.